The summed E-state index contributed by atoms with van der Waals surface area (Å²) < 4.78 is 16.0. The molecular formula is C43H50FN5O4. The van der Waals surface area contributed by atoms with Crippen molar-refractivity contribution in [2.45, 2.75) is 82.7 Å². The van der Waals surface area contributed by atoms with E-state index in [9.17, 15) is 19.5 Å². The Bertz CT molecular complexity index is 1930. The number of nitrogens with one attached hydrogen (secondary N) is 1. The smallest absolute Gasteiger partial charge is 0.255 e. The average Bonchev–Trinajstić information content (AvgIpc) is 3.76. The molecule has 0 aromatic heterocycles. The van der Waals surface area contributed by atoms with E-state index in [2.05, 4.69) is 38.2 Å². The van der Waals surface area contributed by atoms with Crippen LogP contribution in [0.5, 0.6) is 5.75 Å². The molecule has 0 radical (unpaired) electrons. The standard InChI is InChI=1S/C43H50FN5O4/c44-36-25-30(40-34-7-5-33(50)24-29(34)11-16-43(40)14-1-2-15-43)3-8-37(36)48-17-12-28(13-18-48)26-46-19-21-47(22-20-46)32-4-6-35-31(23-32)27-49(42(35)53)38-9-10-39(51)45-41(38)52/h3-8,23-25,28,38,40,50H,1-2,9-22,26-27H2,(H,45,51,52). The number of piperazine rings is 1. The van der Waals surface area contributed by atoms with Crippen molar-refractivity contribution in [3.05, 3.63) is 88.2 Å². The molecule has 6 aliphatic rings. The molecule has 2 atom stereocenters. The summed E-state index contributed by atoms with van der Waals surface area (Å²) in [7, 11) is 0. The lowest BCUT2D eigenvalue weighted by Gasteiger charge is -2.43. The van der Waals surface area contributed by atoms with E-state index in [0.29, 0.717) is 30.2 Å². The molecule has 3 aromatic carbocycles. The van der Waals surface area contributed by atoms with Crippen molar-refractivity contribution >= 4 is 29.1 Å². The summed E-state index contributed by atoms with van der Waals surface area (Å²) in [6, 6.07) is 17.2. The molecule has 2 aliphatic carbocycles. The number of benzene rings is 3. The molecule has 278 valence electrons. The van der Waals surface area contributed by atoms with Gasteiger partial charge in [-0.1, -0.05) is 25.0 Å². The Labute approximate surface area is 311 Å². The minimum absolute atomic E-state index is 0.115. The SMILES string of the molecule is O=C1CCC(N2Cc3cc(N4CCN(CC5CCN(c6ccc(C7c8ccc(O)cc8CCC78CCCC8)cc6F)CC5)CC4)ccc3C2=O)C(=O)N1. The van der Waals surface area contributed by atoms with E-state index in [-0.39, 0.29) is 41.3 Å². The lowest BCUT2D eigenvalue weighted by molar-refractivity contribution is -0.136. The van der Waals surface area contributed by atoms with Gasteiger partial charge in [0.2, 0.25) is 11.8 Å². The van der Waals surface area contributed by atoms with Gasteiger partial charge in [0, 0.05) is 75.9 Å². The number of piperidine rings is 2. The van der Waals surface area contributed by atoms with Gasteiger partial charge < -0.3 is 19.8 Å². The molecule has 3 saturated heterocycles. The molecule has 2 unspecified atom stereocenters. The van der Waals surface area contributed by atoms with Crippen molar-refractivity contribution in [2.75, 3.05) is 55.6 Å². The first-order valence-corrected chi connectivity index (χ1v) is 19.9. The Morgan fingerprint density at radius 2 is 1.58 bits per heavy atom. The number of carbonyl (C=O) groups excluding carboxylic acids is 3. The summed E-state index contributed by atoms with van der Waals surface area (Å²) in [6.45, 7) is 6.94. The normalized spacial score (nSPS) is 24.8. The van der Waals surface area contributed by atoms with Crippen LogP contribution in [0.4, 0.5) is 15.8 Å². The summed E-state index contributed by atoms with van der Waals surface area (Å²) in [5.74, 6) is 0.161. The van der Waals surface area contributed by atoms with Gasteiger partial charge in [-0.2, -0.15) is 0 Å². The van der Waals surface area contributed by atoms with E-state index in [1.165, 1.54) is 36.8 Å². The van der Waals surface area contributed by atoms with Crippen molar-refractivity contribution in [3.63, 3.8) is 0 Å². The van der Waals surface area contributed by atoms with Crippen molar-refractivity contribution in [2.24, 2.45) is 11.3 Å². The maximum Gasteiger partial charge on any atom is 0.255 e. The number of phenolic OH excluding ortho intramolecular Hbond substituents is 1. The van der Waals surface area contributed by atoms with Gasteiger partial charge in [0.1, 0.15) is 17.6 Å². The first-order chi connectivity index (χ1) is 25.7. The number of hydrogen-bond donors (Lipinski definition) is 2. The van der Waals surface area contributed by atoms with Crippen LogP contribution in [-0.4, -0.2) is 84.5 Å². The lowest BCUT2D eigenvalue weighted by Crippen LogP contribution is -2.52. The summed E-state index contributed by atoms with van der Waals surface area (Å²) in [6.07, 6.45) is 9.65. The summed E-state index contributed by atoms with van der Waals surface area (Å²) in [4.78, 5) is 46.0. The number of fused-ring (bicyclic) bond motifs is 2. The zero-order chi connectivity index (χ0) is 36.3. The second-order valence-electron chi connectivity index (χ2n) is 16.6. The topological polar surface area (TPSA) is 96.4 Å². The maximum absolute atomic E-state index is 16.0. The summed E-state index contributed by atoms with van der Waals surface area (Å²) >= 11 is 0. The number of carbonyl (C=O) groups is 3. The molecule has 4 heterocycles. The van der Waals surface area contributed by atoms with E-state index < -0.39 is 6.04 Å². The predicted octanol–water partition coefficient (Wildman–Crippen LogP) is 5.97. The predicted molar refractivity (Wildman–Crippen MR) is 202 cm³/mol. The van der Waals surface area contributed by atoms with Crippen molar-refractivity contribution in [1.82, 2.24) is 15.1 Å². The van der Waals surface area contributed by atoms with Crippen LogP contribution in [0, 0.1) is 17.2 Å². The summed E-state index contributed by atoms with van der Waals surface area (Å²) in [5, 5.41) is 12.6. The monoisotopic (exact) mass is 719 g/mol. The second-order valence-corrected chi connectivity index (χ2v) is 16.6. The highest BCUT2D eigenvalue weighted by molar-refractivity contribution is 6.05. The van der Waals surface area contributed by atoms with Gasteiger partial charge in [0.25, 0.3) is 5.91 Å². The average molecular weight is 720 g/mol. The quantitative estimate of drug-likeness (QED) is 0.304. The van der Waals surface area contributed by atoms with Crippen LogP contribution in [0.25, 0.3) is 0 Å². The molecule has 10 heteroatoms. The van der Waals surface area contributed by atoms with Crippen LogP contribution >= 0.6 is 0 Å². The van der Waals surface area contributed by atoms with Crippen molar-refractivity contribution in [3.8, 4) is 5.75 Å². The number of imide groups is 1. The first kappa shape index (κ1) is 34.3. The van der Waals surface area contributed by atoms with Gasteiger partial charge in [0.05, 0.1) is 5.69 Å². The minimum Gasteiger partial charge on any atom is -0.508 e. The number of halogens is 1. The third-order valence-electron chi connectivity index (χ3n) is 13.6. The third kappa shape index (κ3) is 6.36. The van der Waals surface area contributed by atoms with Gasteiger partial charge in [-0.25, -0.2) is 4.39 Å². The molecule has 2 N–H and O–H groups in total. The van der Waals surface area contributed by atoms with Crippen LogP contribution in [-0.2, 0) is 22.6 Å². The zero-order valence-electron chi connectivity index (χ0n) is 30.5. The van der Waals surface area contributed by atoms with E-state index in [4.69, 9.17) is 0 Å². The van der Waals surface area contributed by atoms with Crippen LogP contribution in [0.1, 0.15) is 96.3 Å². The number of aryl methyl sites for hydroxylation is 1. The molecule has 9 nitrogen and oxygen atoms in total. The lowest BCUT2D eigenvalue weighted by atomic mass is 9.60. The molecule has 3 amide bonds. The highest BCUT2D eigenvalue weighted by atomic mass is 19.1. The number of phenols is 1. The third-order valence-corrected chi connectivity index (χ3v) is 13.6. The first-order valence-electron chi connectivity index (χ1n) is 19.9. The number of rotatable bonds is 6. The molecule has 9 rings (SSSR count). The Balaban J connectivity index is 0.787. The molecule has 3 aromatic rings. The van der Waals surface area contributed by atoms with Gasteiger partial charge in [-0.15, -0.1) is 0 Å². The van der Waals surface area contributed by atoms with Crippen LogP contribution < -0.4 is 15.1 Å². The van der Waals surface area contributed by atoms with Gasteiger partial charge in [0.15, 0.2) is 0 Å². The Kier molecular flexibility index (Phi) is 8.91. The second kappa shape index (κ2) is 13.8. The number of hydrogen-bond acceptors (Lipinski definition) is 7. The fourth-order valence-electron chi connectivity index (χ4n) is 10.7. The van der Waals surface area contributed by atoms with Crippen LogP contribution in [0.2, 0.25) is 0 Å². The summed E-state index contributed by atoms with van der Waals surface area (Å²) in [5.41, 5.74) is 7.16. The Morgan fingerprint density at radius 1 is 0.792 bits per heavy atom. The largest absolute Gasteiger partial charge is 0.508 e. The number of amides is 3. The maximum atomic E-state index is 16.0. The van der Waals surface area contributed by atoms with E-state index in [0.717, 1.165) is 94.0 Å². The molecule has 4 aliphatic heterocycles. The molecule has 0 bridgehead atoms. The highest BCUT2D eigenvalue weighted by Gasteiger charge is 2.46. The van der Waals surface area contributed by atoms with E-state index in [1.807, 2.05) is 30.3 Å². The Morgan fingerprint density at radius 3 is 2.34 bits per heavy atom. The minimum atomic E-state index is -0.599. The van der Waals surface area contributed by atoms with Crippen LogP contribution in [0.3, 0.4) is 0 Å². The van der Waals surface area contributed by atoms with Crippen LogP contribution in [0.15, 0.2) is 54.6 Å². The van der Waals surface area contributed by atoms with Gasteiger partial charge >= 0.3 is 0 Å². The van der Waals surface area contributed by atoms with E-state index in [1.54, 1.807) is 11.0 Å². The fraction of sp³-hybridized carbons (Fsp3) is 0.512. The van der Waals surface area contributed by atoms with Gasteiger partial charge in [-0.3, -0.25) is 24.6 Å². The molecule has 53 heavy (non-hydrogen) atoms. The molecule has 1 spiro atoms. The number of aromatic hydroxyl groups is 1. The highest BCUT2D eigenvalue weighted by Crippen LogP contribution is 2.58. The molecule has 4 fully saturated rings. The zero-order valence-corrected chi connectivity index (χ0v) is 30.5. The Hall–Kier alpha value is -4.44. The number of nitrogens with zero attached hydrogens (tertiary/aromatic N) is 4. The molecule has 1 saturated carbocycles. The molecular weight excluding hydrogens is 670 g/mol. The van der Waals surface area contributed by atoms with Gasteiger partial charge in [-0.05, 0) is 121 Å². The van der Waals surface area contributed by atoms with E-state index >= 15 is 4.39 Å². The van der Waals surface area contributed by atoms with Crippen molar-refractivity contribution < 1.29 is 23.9 Å². The van der Waals surface area contributed by atoms with Crippen molar-refractivity contribution in [1.29, 1.82) is 0 Å². The fourth-order valence-corrected chi connectivity index (χ4v) is 10.7. The number of anilines is 2.